The molecule has 0 unspecified atom stereocenters. The predicted molar refractivity (Wildman–Crippen MR) is 109 cm³/mol. The van der Waals surface area contributed by atoms with Gasteiger partial charge in [0.1, 0.15) is 11.6 Å². The number of benzene rings is 2. The third-order valence-electron chi connectivity index (χ3n) is 3.85. The first kappa shape index (κ1) is 18.9. The number of aromatic nitrogens is 1. The predicted octanol–water partition coefficient (Wildman–Crippen LogP) is 4.04. The molecule has 0 aliphatic rings. The lowest BCUT2D eigenvalue weighted by molar-refractivity contribution is -0.114. The fourth-order valence-corrected chi connectivity index (χ4v) is 2.57. The van der Waals surface area contributed by atoms with E-state index in [2.05, 4.69) is 20.9 Å². The Morgan fingerprint density at radius 1 is 0.929 bits per heavy atom. The van der Waals surface area contributed by atoms with Crippen LogP contribution in [0.4, 0.5) is 22.9 Å². The molecule has 3 rings (SSSR count). The maximum absolute atomic E-state index is 12.5. The maximum Gasteiger partial charge on any atom is 0.255 e. The van der Waals surface area contributed by atoms with Gasteiger partial charge >= 0.3 is 0 Å². The van der Waals surface area contributed by atoms with Gasteiger partial charge < -0.3 is 20.7 Å². The number of pyridine rings is 1. The third kappa shape index (κ3) is 4.85. The zero-order valence-corrected chi connectivity index (χ0v) is 15.5. The van der Waals surface area contributed by atoms with Crippen LogP contribution < -0.4 is 20.7 Å². The van der Waals surface area contributed by atoms with Crippen molar-refractivity contribution in [1.29, 1.82) is 0 Å². The van der Waals surface area contributed by atoms with Gasteiger partial charge in [0.25, 0.3) is 5.91 Å². The van der Waals surface area contributed by atoms with Crippen LogP contribution in [0.5, 0.6) is 5.75 Å². The van der Waals surface area contributed by atoms with E-state index in [9.17, 15) is 9.59 Å². The lowest BCUT2D eigenvalue weighted by Gasteiger charge is -2.11. The molecule has 142 valence electrons. The Kier molecular flexibility index (Phi) is 5.86. The molecule has 0 atom stereocenters. The fourth-order valence-electron chi connectivity index (χ4n) is 2.57. The SMILES string of the molecule is COc1ccccc1Nc1cc(C(=O)Nc2ccc(NC(C)=O)cc2)ccn1. The molecule has 1 heterocycles. The van der Waals surface area contributed by atoms with E-state index in [4.69, 9.17) is 4.74 Å². The fraction of sp³-hybridized carbons (Fsp3) is 0.0952. The summed E-state index contributed by atoms with van der Waals surface area (Å²) >= 11 is 0. The molecular weight excluding hydrogens is 356 g/mol. The van der Waals surface area contributed by atoms with E-state index in [-0.39, 0.29) is 11.8 Å². The van der Waals surface area contributed by atoms with Crippen LogP contribution in [0.3, 0.4) is 0 Å². The van der Waals surface area contributed by atoms with Gasteiger partial charge in [-0.3, -0.25) is 9.59 Å². The second-order valence-electron chi connectivity index (χ2n) is 5.97. The zero-order chi connectivity index (χ0) is 19.9. The van der Waals surface area contributed by atoms with Crippen molar-refractivity contribution in [3.8, 4) is 5.75 Å². The largest absolute Gasteiger partial charge is 0.495 e. The smallest absolute Gasteiger partial charge is 0.255 e. The van der Waals surface area contributed by atoms with E-state index < -0.39 is 0 Å². The number of amides is 2. The van der Waals surface area contributed by atoms with Crippen LogP contribution >= 0.6 is 0 Å². The van der Waals surface area contributed by atoms with E-state index in [1.54, 1.807) is 49.7 Å². The number of rotatable bonds is 6. The number of ether oxygens (including phenoxy) is 1. The van der Waals surface area contributed by atoms with Crippen LogP contribution in [0.1, 0.15) is 17.3 Å². The molecule has 0 bridgehead atoms. The van der Waals surface area contributed by atoms with Crippen molar-refractivity contribution in [1.82, 2.24) is 4.98 Å². The van der Waals surface area contributed by atoms with Gasteiger partial charge in [-0.1, -0.05) is 12.1 Å². The van der Waals surface area contributed by atoms with E-state index in [0.29, 0.717) is 28.5 Å². The molecule has 7 heteroatoms. The summed E-state index contributed by atoms with van der Waals surface area (Å²) in [6, 6.07) is 17.6. The van der Waals surface area contributed by atoms with E-state index in [1.165, 1.54) is 6.92 Å². The Balaban J connectivity index is 1.71. The molecular formula is C21H20N4O3. The van der Waals surface area contributed by atoms with Gasteiger partial charge in [0, 0.05) is 30.1 Å². The number of carbonyl (C=O) groups is 2. The number of hydrogen-bond acceptors (Lipinski definition) is 5. The number of nitrogens with zero attached hydrogens (tertiary/aromatic N) is 1. The van der Waals surface area contributed by atoms with Crippen molar-refractivity contribution in [3.63, 3.8) is 0 Å². The number of para-hydroxylation sites is 2. The molecule has 0 radical (unpaired) electrons. The molecule has 0 saturated carbocycles. The Hall–Kier alpha value is -3.87. The number of methoxy groups -OCH3 is 1. The maximum atomic E-state index is 12.5. The lowest BCUT2D eigenvalue weighted by Crippen LogP contribution is -2.12. The summed E-state index contributed by atoms with van der Waals surface area (Å²) in [7, 11) is 1.59. The van der Waals surface area contributed by atoms with Gasteiger partial charge in [-0.2, -0.15) is 0 Å². The minimum atomic E-state index is -0.266. The molecule has 28 heavy (non-hydrogen) atoms. The third-order valence-corrected chi connectivity index (χ3v) is 3.85. The summed E-state index contributed by atoms with van der Waals surface area (Å²) in [5.74, 6) is 0.790. The summed E-state index contributed by atoms with van der Waals surface area (Å²) in [6.45, 7) is 1.44. The first-order valence-corrected chi connectivity index (χ1v) is 8.60. The first-order chi connectivity index (χ1) is 13.5. The summed E-state index contributed by atoms with van der Waals surface area (Å²) in [5, 5.41) is 8.65. The summed E-state index contributed by atoms with van der Waals surface area (Å²) in [5.41, 5.74) is 2.50. The van der Waals surface area contributed by atoms with Crippen molar-refractivity contribution in [2.45, 2.75) is 6.92 Å². The second kappa shape index (κ2) is 8.68. The highest BCUT2D eigenvalue weighted by molar-refractivity contribution is 6.04. The standard InChI is InChI=1S/C21H20N4O3/c1-14(26)23-16-7-9-17(10-8-16)24-21(27)15-11-12-22-20(13-15)25-18-5-3-4-6-19(18)28-2/h3-13H,1-2H3,(H,22,25)(H,23,26)(H,24,27). The van der Waals surface area contributed by atoms with Crippen molar-refractivity contribution in [3.05, 3.63) is 72.4 Å². The van der Waals surface area contributed by atoms with Gasteiger partial charge in [0.05, 0.1) is 12.8 Å². The number of nitrogens with one attached hydrogen (secondary N) is 3. The van der Waals surface area contributed by atoms with E-state index in [0.717, 1.165) is 5.69 Å². The quantitative estimate of drug-likeness (QED) is 0.604. The number of hydrogen-bond donors (Lipinski definition) is 3. The Labute approximate surface area is 162 Å². The molecule has 0 saturated heterocycles. The van der Waals surface area contributed by atoms with Crippen molar-refractivity contribution in [2.75, 3.05) is 23.1 Å². The topological polar surface area (TPSA) is 92.4 Å². The molecule has 7 nitrogen and oxygen atoms in total. The van der Waals surface area contributed by atoms with Gasteiger partial charge in [-0.15, -0.1) is 0 Å². The summed E-state index contributed by atoms with van der Waals surface area (Å²) in [6.07, 6.45) is 1.56. The van der Waals surface area contributed by atoms with Crippen LogP contribution in [0.25, 0.3) is 0 Å². The molecule has 0 aliphatic carbocycles. The highest BCUT2D eigenvalue weighted by atomic mass is 16.5. The molecule has 2 aromatic carbocycles. The Morgan fingerprint density at radius 3 is 2.29 bits per heavy atom. The molecule has 0 aliphatic heterocycles. The van der Waals surface area contributed by atoms with E-state index in [1.807, 2.05) is 24.3 Å². The summed E-state index contributed by atoms with van der Waals surface area (Å²) < 4.78 is 5.31. The molecule has 0 fully saturated rings. The Morgan fingerprint density at radius 2 is 1.61 bits per heavy atom. The van der Waals surface area contributed by atoms with Gasteiger partial charge in [-0.25, -0.2) is 4.98 Å². The molecule has 1 aromatic heterocycles. The van der Waals surface area contributed by atoms with Gasteiger partial charge in [0.15, 0.2) is 0 Å². The average molecular weight is 376 g/mol. The molecule has 2 amide bonds. The number of anilines is 4. The Bertz CT molecular complexity index is 987. The van der Waals surface area contributed by atoms with Crippen molar-refractivity contribution >= 4 is 34.7 Å². The lowest BCUT2D eigenvalue weighted by atomic mass is 10.2. The second-order valence-corrected chi connectivity index (χ2v) is 5.97. The zero-order valence-electron chi connectivity index (χ0n) is 15.5. The van der Waals surface area contributed by atoms with Crippen LogP contribution in [0, 0.1) is 0 Å². The van der Waals surface area contributed by atoms with Crippen LogP contribution in [-0.4, -0.2) is 23.9 Å². The molecule has 3 aromatic rings. The molecule has 3 N–H and O–H groups in total. The van der Waals surface area contributed by atoms with Gasteiger partial charge in [-0.05, 0) is 48.5 Å². The van der Waals surface area contributed by atoms with Gasteiger partial charge in [0.2, 0.25) is 5.91 Å². The highest BCUT2D eigenvalue weighted by Gasteiger charge is 2.09. The van der Waals surface area contributed by atoms with Crippen molar-refractivity contribution in [2.24, 2.45) is 0 Å². The number of carbonyl (C=O) groups excluding carboxylic acids is 2. The molecule has 0 spiro atoms. The normalized spacial score (nSPS) is 10.1. The summed E-state index contributed by atoms with van der Waals surface area (Å²) in [4.78, 5) is 27.9. The monoisotopic (exact) mass is 376 g/mol. The minimum Gasteiger partial charge on any atom is -0.495 e. The highest BCUT2D eigenvalue weighted by Crippen LogP contribution is 2.26. The first-order valence-electron chi connectivity index (χ1n) is 8.60. The average Bonchev–Trinajstić information content (AvgIpc) is 2.70. The van der Waals surface area contributed by atoms with E-state index >= 15 is 0 Å². The van der Waals surface area contributed by atoms with Crippen LogP contribution in [-0.2, 0) is 4.79 Å². The minimum absolute atomic E-state index is 0.149. The van der Waals surface area contributed by atoms with Crippen molar-refractivity contribution < 1.29 is 14.3 Å². The van der Waals surface area contributed by atoms with Crippen LogP contribution in [0.2, 0.25) is 0 Å². The van der Waals surface area contributed by atoms with Crippen LogP contribution in [0.15, 0.2) is 66.9 Å².